The van der Waals surface area contributed by atoms with Crippen molar-refractivity contribution in [1.82, 2.24) is 5.32 Å². The van der Waals surface area contributed by atoms with Gasteiger partial charge in [-0.1, -0.05) is 12.5 Å². The number of nitrogens with one attached hydrogen (secondary N) is 1. The van der Waals surface area contributed by atoms with Gasteiger partial charge in [-0.05, 0) is 44.0 Å². The zero-order valence-electron chi connectivity index (χ0n) is 10.7. The van der Waals surface area contributed by atoms with Crippen molar-refractivity contribution in [2.75, 3.05) is 6.54 Å². The van der Waals surface area contributed by atoms with Crippen LogP contribution in [-0.4, -0.2) is 18.4 Å². The van der Waals surface area contributed by atoms with Crippen LogP contribution >= 0.6 is 0 Å². The minimum Gasteiger partial charge on any atom is -0.307 e. The van der Waals surface area contributed by atoms with Gasteiger partial charge in [-0.15, -0.1) is 0 Å². The third-order valence-corrected chi connectivity index (χ3v) is 3.45. The first kappa shape index (κ1) is 14.1. The van der Waals surface area contributed by atoms with Gasteiger partial charge in [0.15, 0.2) is 5.78 Å². The van der Waals surface area contributed by atoms with Gasteiger partial charge in [0.2, 0.25) is 0 Å². The average Bonchev–Trinajstić information content (AvgIpc) is 2.38. The molecular weight excluding hydrogens is 255 g/mol. The summed E-state index contributed by atoms with van der Waals surface area (Å²) in [7, 11) is 0. The molecule has 0 spiro atoms. The van der Waals surface area contributed by atoms with Gasteiger partial charge in [0.05, 0.1) is 11.6 Å². The third kappa shape index (κ3) is 3.15. The predicted molar refractivity (Wildman–Crippen MR) is 66.2 cm³/mol. The Morgan fingerprint density at radius 2 is 2.05 bits per heavy atom. The fourth-order valence-corrected chi connectivity index (χ4v) is 2.38. The summed E-state index contributed by atoms with van der Waals surface area (Å²) < 4.78 is 37.7. The largest absolute Gasteiger partial charge is 0.416 e. The second-order valence-electron chi connectivity index (χ2n) is 4.89. The molecule has 1 saturated heterocycles. The number of ketones is 1. The van der Waals surface area contributed by atoms with E-state index in [2.05, 4.69) is 5.32 Å². The summed E-state index contributed by atoms with van der Waals surface area (Å²) >= 11 is 0. The van der Waals surface area contributed by atoms with Crippen LogP contribution in [0.2, 0.25) is 0 Å². The van der Waals surface area contributed by atoms with Gasteiger partial charge in [0, 0.05) is 5.56 Å². The second-order valence-corrected chi connectivity index (χ2v) is 4.89. The lowest BCUT2D eigenvalue weighted by molar-refractivity contribution is -0.137. The molecular formula is C14H16F3NO. The van der Waals surface area contributed by atoms with Crippen molar-refractivity contribution in [1.29, 1.82) is 0 Å². The number of alkyl halides is 3. The van der Waals surface area contributed by atoms with Crippen LogP contribution in [0.5, 0.6) is 0 Å². The van der Waals surface area contributed by atoms with E-state index in [1.807, 2.05) is 0 Å². The van der Waals surface area contributed by atoms with Crippen molar-refractivity contribution in [3.8, 4) is 0 Å². The zero-order chi connectivity index (χ0) is 14.0. The number of hydrogen-bond acceptors (Lipinski definition) is 2. The summed E-state index contributed by atoms with van der Waals surface area (Å²) in [4.78, 5) is 12.2. The summed E-state index contributed by atoms with van der Waals surface area (Å²) in [5.41, 5.74) is 0.0535. The number of carbonyl (C=O) groups is 1. The summed E-state index contributed by atoms with van der Waals surface area (Å²) in [6, 6.07) is 3.04. The number of benzene rings is 1. The minimum absolute atomic E-state index is 0.106. The van der Waals surface area contributed by atoms with Gasteiger partial charge >= 0.3 is 6.18 Å². The molecule has 0 aliphatic carbocycles. The molecule has 1 aromatic rings. The molecule has 2 rings (SSSR count). The lowest BCUT2D eigenvalue weighted by Crippen LogP contribution is -2.40. The number of hydrogen-bond donors (Lipinski definition) is 1. The Kier molecular flexibility index (Phi) is 3.94. The normalized spacial score (nSPS) is 20.3. The van der Waals surface area contributed by atoms with E-state index < -0.39 is 11.7 Å². The lowest BCUT2D eigenvalue weighted by atomic mass is 9.93. The summed E-state index contributed by atoms with van der Waals surface area (Å²) in [6.45, 7) is 2.33. The van der Waals surface area contributed by atoms with Crippen LogP contribution < -0.4 is 5.32 Å². The van der Waals surface area contributed by atoms with Crippen molar-refractivity contribution in [3.63, 3.8) is 0 Å². The molecule has 1 aliphatic heterocycles. The Labute approximate surface area is 110 Å². The molecule has 2 nitrogen and oxygen atoms in total. The predicted octanol–water partition coefficient (Wildman–Crippen LogP) is 3.34. The molecule has 1 unspecified atom stereocenters. The van der Waals surface area contributed by atoms with E-state index in [0.29, 0.717) is 11.1 Å². The van der Waals surface area contributed by atoms with Crippen LogP contribution in [0.15, 0.2) is 18.2 Å². The SMILES string of the molecule is Cc1cc(C(F)(F)F)ccc1C(=O)C1CCCCN1. The molecule has 0 amide bonds. The van der Waals surface area contributed by atoms with E-state index in [0.717, 1.165) is 37.9 Å². The lowest BCUT2D eigenvalue weighted by Gasteiger charge is -2.23. The molecule has 1 atom stereocenters. The molecule has 0 saturated carbocycles. The second kappa shape index (κ2) is 5.33. The van der Waals surface area contributed by atoms with Crippen molar-refractivity contribution >= 4 is 5.78 Å². The molecule has 1 N–H and O–H groups in total. The quantitative estimate of drug-likeness (QED) is 0.836. The number of piperidine rings is 1. The van der Waals surface area contributed by atoms with Crippen molar-refractivity contribution in [2.24, 2.45) is 0 Å². The third-order valence-electron chi connectivity index (χ3n) is 3.45. The number of rotatable bonds is 2. The Morgan fingerprint density at radius 3 is 2.58 bits per heavy atom. The Morgan fingerprint density at radius 1 is 1.32 bits per heavy atom. The molecule has 0 bridgehead atoms. The highest BCUT2D eigenvalue weighted by Gasteiger charge is 2.31. The highest BCUT2D eigenvalue weighted by molar-refractivity contribution is 6.01. The number of halogens is 3. The topological polar surface area (TPSA) is 29.1 Å². The van der Waals surface area contributed by atoms with Crippen LogP contribution in [0, 0.1) is 6.92 Å². The van der Waals surface area contributed by atoms with Gasteiger partial charge in [-0.2, -0.15) is 13.2 Å². The maximum atomic E-state index is 12.6. The number of Topliss-reactive ketones (excluding diaryl/α,β-unsaturated/α-hetero) is 1. The fraction of sp³-hybridized carbons (Fsp3) is 0.500. The molecule has 1 aliphatic rings. The van der Waals surface area contributed by atoms with E-state index in [1.165, 1.54) is 6.07 Å². The van der Waals surface area contributed by atoms with Crippen molar-refractivity contribution in [3.05, 3.63) is 34.9 Å². The zero-order valence-corrected chi connectivity index (χ0v) is 10.7. The standard InChI is InChI=1S/C14H16F3NO/c1-9-8-10(14(15,16)17)5-6-11(9)13(19)12-4-2-3-7-18-12/h5-6,8,12,18H,2-4,7H2,1H3. The first-order valence-corrected chi connectivity index (χ1v) is 6.35. The van der Waals surface area contributed by atoms with Gasteiger partial charge in [-0.25, -0.2) is 0 Å². The maximum absolute atomic E-state index is 12.6. The molecule has 104 valence electrons. The van der Waals surface area contributed by atoms with Crippen LogP contribution in [0.1, 0.15) is 40.7 Å². The van der Waals surface area contributed by atoms with Crippen LogP contribution in [-0.2, 0) is 6.18 Å². The van der Waals surface area contributed by atoms with E-state index in [-0.39, 0.29) is 11.8 Å². The first-order chi connectivity index (χ1) is 8.89. The Hall–Kier alpha value is -1.36. The molecule has 0 aromatic heterocycles. The Balaban J connectivity index is 2.23. The van der Waals surface area contributed by atoms with Crippen molar-refractivity contribution < 1.29 is 18.0 Å². The molecule has 1 fully saturated rings. The highest BCUT2D eigenvalue weighted by atomic mass is 19.4. The first-order valence-electron chi connectivity index (χ1n) is 6.35. The maximum Gasteiger partial charge on any atom is 0.416 e. The van der Waals surface area contributed by atoms with Gasteiger partial charge in [-0.3, -0.25) is 4.79 Å². The van der Waals surface area contributed by atoms with Crippen LogP contribution in [0.25, 0.3) is 0 Å². The van der Waals surface area contributed by atoms with E-state index >= 15 is 0 Å². The van der Waals surface area contributed by atoms with Crippen LogP contribution in [0.3, 0.4) is 0 Å². The van der Waals surface area contributed by atoms with Gasteiger partial charge in [0.25, 0.3) is 0 Å². The number of carbonyl (C=O) groups excluding carboxylic acids is 1. The van der Waals surface area contributed by atoms with E-state index in [4.69, 9.17) is 0 Å². The van der Waals surface area contributed by atoms with Gasteiger partial charge in [0.1, 0.15) is 0 Å². The smallest absolute Gasteiger partial charge is 0.307 e. The molecule has 1 aromatic carbocycles. The van der Waals surface area contributed by atoms with Crippen molar-refractivity contribution in [2.45, 2.75) is 38.4 Å². The molecule has 0 radical (unpaired) electrons. The van der Waals surface area contributed by atoms with E-state index in [1.54, 1.807) is 6.92 Å². The monoisotopic (exact) mass is 271 g/mol. The van der Waals surface area contributed by atoms with Gasteiger partial charge < -0.3 is 5.32 Å². The molecule has 1 heterocycles. The summed E-state index contributed by atoms with van der Waals surface area (Å²) in [5.74, 6) is -0.106. The number of aryl methyl sites for hydroxylation is 1. The summed E-state index contributed by atoms with van der Waals surface area (Å²) in [5, 5.41) is 3.12. The minimum atomic E-state index is -4.37. The fourth-order valence-electron chi connectivity index (χ4n) is 2.38. The van der Waals surface area contributed by atoms with Crippen LogP contribution in [0.4, 0.5) is 13.2 Å². The Bertz CT molecular complexity index is 476. The highest BCUT2D eigenvalue weighted by Crippen LogP contribution is 2.30. The van der Waals surface area contributed by atoms with E-state index in [9.17, 15) is 18.0 Å². The average molecular weight is 271 g/mol. The molecule has 19 heavy (non-hydrogen) atoms. The molecule has 5 heteroatoms. The summed E-state index contributed by atoms with van der Waals surface area (Å²) in [6.07, 6.45) is -1.60.